The molecular weight excluding hydrogens is 571 g/mol. The Bertz CT molecular complexity index is 1730. The Hall–Kier alpha value is -4.09. The summed E-state index contributed by atoms with van der Waals surface area (Å²) in [5.41, 5.74) is 4.59. The number of nitrogens with two attached hydrogens (primary N) is 1. The topological polar surface area (TPSA) is 168 Å². The lowest BCUT2D eigenvalue weighted by Gasteiger charge is -2.53. The molecule has 2 bridgehead atoms. The number of ether oxygens (including phenoxy) is 1. The van der Waals surface area contributed by atoms with Crippen molar-refractivity contribution in [2.24, 2.45) is 0 Å². The summed E-state index contributed by atoms with van der Waals surface area (Å²) < 4.78 is 81.1. The first kappa shape index (κ1) is 27.1. The Balaban J connectivity index is 1.40. The highest BCUT2D eigenvalue weighted by molar-refractivity contribution is 7.89. The molecule has 2 saturated heterocycles. The quantitative estimate of drug-likeness (QED) is 0.326. The Morgan fingerprint density at radius 1 is 1.20 bits per heavy atom. The second-order valence-corrected chi connectivity index (χ2v) is 11.7. The van der Waals surface area contributed by atoms with Gasteiger partial charge in [0.15, 0.2) is 12.2 Å². The van der Waals surface area contributed by atoms with Gasteiger partial charge in [0.05, 0.1) is 28.9 Å². The molecule has 2 aliphatic heterocycles. The van der Waals surface area contributed by atoms with E-state index in [4.69, 9.17) is 14.9 Å². The van der Waals surface area contributed by atoms with Crippen LogP contribution in [0.3, 0.4) is 0 Å². The van der Waals surface area contributed by atoms with Gasteiger partial charge in [-0.25, -0.2) is 33.1 Å². The van der Waals surface area contributed by atoms with Crippen LogP contribution in [0.2, 0.25) is 0 Å². The molecule has 1 aliphatic carbocycles. The highest BCUT2D eigenvalue weighted by atomic mass is 32.2. The summed E-state index contributed by atoms with van der Waals surface area (Å²) in [6, 6.07) is 3.93. The Labute approximate surface area is 230 Å². The number of hydrogen-bond donors (Lipinski definition) is 1. The fourth-order valence-corrected chi connectivity index (χ4v) is 6.91. The van der Waals surface area contributed by atoms with E-state index in [1.807, 2.05) is 0 Å². The van der Waals surface area contributed by atoms with Crippen molar-refractivity contribution in [1.29, 1.82) is 0 Å². The minimum absolute atomic E-state index is 0.0289. The van der Waals surface area contributed by atoms with Gasteiger partial charge < -0.3 is 19.7 Å². The van der Waals surface area contributed by atoms with Crippen molar-refractivity contribution in [3.63, 3.8) is 0 Å². The number of sulfonamides is 1. The number of nitrogen functional groups attached to an aromatic ring is 1. The van der Waals surface area contributed by atoms with Crippen molar-refractivity contribution in [3.05, 3.63) is 54.6 Å². The maximum absolute atomic E-state index is 14.0. The van der Waals surface area contributed by atoms with Crippen LogP contribution in [0.1, 0.15) is 37.0 Å². The molecule has 5 heterocycles. The molecule has 4 aromatic rings. The standard InChI is InChI=1S/C24H22F3N7O6S/c1-14-2-3-15(8-16(14)17-10-33-20(28)30-12-31-21(33)32-17)41(36,37)34(40-19(35)24(25,26)27)22-4-6-23(7-5-22,39-11-22)18-9-29-13-38-18/h2-3,8-10,12-13H,4-7,11H2,1H3,(H2,28,30,31,32). The molecule has 0 atom stereocenters. The third-order valence-corrected chi connectivity index (χ3v) is 9.32. The summed E-state index contributed by atoms with van der Waals surface area (Å²) in [4.78, 5) is 32.5. The third kappa shape index (κ3) is 4.40. The third-order valence-electron chi connectivity index (χ3n) is 7.57. The SMILES string of the molecule is Cc1ccc(S(=O)(=O)N(OC(=O)C(F)(F)F)C23CCC(c4cnco4)(CC2)OC3)cc1-c1cn2c(N)ncnc2n1. The second-order valence-electron chi connectivity index (χ2n) is 9.99. The second kappa shape index (κ2) is 9.22. The van der Waals surface area contributed by atoms with Gasteiger partial charge in [-0.05, 0) is 54.8 Å². The number of hydrogen-bond acceptors (Lipinski definition) is 11. The fourth-order valence-electron chi connectivity index (χ4n) is 5.30. The number of fused-ring (bicyclic) bond motifs is 4. The first-order valence-electron chi connectivity index (χ1n) is 12.3. The van der Waals surface area contributed by atoms with Crippen LogP contribution >= 0.6 is 0 Å². The molecule has 7 rings (SSSR count). The number of hydroxylamine groups is 1. The zero-order chi connectivity index (χ0) is 29.2. The van der Waals surface area contributed by atoms with Crippen molar-refractivity contribution in [2.75, 3.05) is 12.3 Å². The number of imidazole rings is 1. The van der Waals surface area contributed by atoms with Crippen LogP contribution in [0.4, 0.5) is 19.1 Å². The van der Waals surface area contributed by atoms with Gasteiger partial charge in [-0.3, -0.25) is 4.40 Å². The van der Waals surface area contributed by atoms with Gasteiger partial charge in [-0.1, -0.05) is 6.07 Å². The van der Waals surface area contributed by atoms with E-state index in [1.54, 1.807) is 6.92 Å². The predicted octanol–water partition coefficient (Wildman–Crippen LogP) is 2.92. The molecule has 41 heavy (non-hydrogen) atoms. The molecular formula is C24H22F3N7O6S. The molecule has 17 heteroatoms. The number of alkyl halides is 3. The molecule has 3 aliphatic rings. The highest BCUT2D eigenvalue weighted by Gasteiger charge is 2.60. The average molecular weight is 594 g/mol. The number of nitrogens with zero attached hydrogens (tertiary/aromatic N) is 6. The molecule has 2 N–H and O–H groups in total. The Morgan fingerprint density at radius 3 is 2.56 bits per heavy atom. The lowest BCUT2D eigenvalue weighted by Crippen LogP contribution is -2.63. The van der Waals surface area contributed by atoms with Gasteiger partial charge in [-0.2, -0.15) is 13.2 Å². The fraction of sp³-hybridized carbons (Fsp3) is 0.375. The van der Waals surface area contributed by atoms with Crippen LogP contribution in [0.5, 0.6) is 0 Å². The van der Waals surface area contributed by atoms with Crippen LogP contribution in [0.25, 0.3) is 17.0 Å². The van der Waals surface area contributed by atoms with Crippen molar-refractivity contribution < 1.29 is 40.4 Å². The van der Waals surface area contributed by atoms with Crippen molar-refractivity contribution in [2.45, 2.75) is 54.8 Å². The van der Waals surface area contributed by atoms with Gasteiger partial charge in [0.25, 0.3) is 10.0 Å². The lowest BCUT2D eigenvalue weighted by molar-refractivity contribution is -0.269. The first-order chi connectivity index (χ1) is 19.3. The van der Waals surface area contributed by atoms with E-state index >= 15 is 0 Å². The van der Waals surface area contributed by atoms with E-state index in [2.05, 4.69) is 24.8 Å². The number of halogens is 3. The van der Waals surface area contributed by atoms with Crippen molar-refractivity contribution in [3.8, 4) is 11.3 Å². The Kier molecular flexibility index (Phi) is 6.09. The number of carbonyl (C=O) groups excluding carboxylic acids is 1. The number of aromatic nitrogens is 5. The number of rotatable bonds is 6. The van der Waals surface area contributed by atoms with Gasteiger partial charge in [0.1, 0.15) is 11.9 Å². The molecule has 0 spiro atoms. The van der Waals surface area contributed by atoms with Gasteiger partial charge in [0.2, 0.25) is 11.7 Å². The molecule has 216 valence electrons. The summed E-state index contributed by atoms with van der Waals surface area (Å²) in [5.74, 6) is -1.95. The van der Waals surface area contributed by atoms with Crippen molar-refractivity contribution in [1.82, 2.24) is 28.8 Å². The zero-order valence-electron chi connectivity index (χ0n) is 21.3. The number of aryl methyl sites for hydroxylation is 1. The van der Waals surface area contributed by atoms with E-state index in [0.29, 0.717) is 22.6 Å². The molecule has 0 unspecified atom stereocenters. The van der Waals surface area contributed by atoms with Crippen LogP contribution in [0.15, 0.2) is 52.6 Å². The van der Waals surface area contributed by atoms with Gasteiger partial charge in [-0.15, -0.1) is 0 Å². The van der Waals surface area contributed by atoms with E-state index in [-0.39, 0.29) is 48.5 Å². The Morgan fingerprint density at radius 2 is 1.95 bits per heavy atom. The number of carbonyl (C=O) groups is 1. The van der Waals surface area contributed by atoms with Crippen molar-refractivity contribution >= 4 is 27.7 Å². The largest absolute Gasteiger partial charge is 0.492 e. The minimum Gasteiger partial charge on any atom is -0.445 e. The molecule has 1 saturated carbocycles. The van der Waals surface area contributed by atoms with Crippen LogP contribution in [-0.4, -0.2) is 61.5 Å². The summed E-state index contributed by atoms with van der Waals surface area (Å²) in [6.45, 7) is 1.35. The number of oxazole rings is 1. The van der Waals surface area contributed by atoms with E-state index in [1.165, 1.54) is 47.7 Å². The first-order valence-corrected chi connectivity index (χ1v) is 13.7. The molecule has 3 aromatic heterocycles. The molecule has 0 radical (unpaired) electrons. The average Bonchev–Trinajstić information content (AvgIpc) is 3.64. The van der Waals surface area contributed by atoms with Gasteiger partial charge in [0, 0.05) is 11.8 Å². The summed E-state index contributed by atoms with van der Waals surface area (Å²) in [6.07, 6.45) is 0.420. The highest BCUT2D eigenvalue weighted by Crippen LogP contribution is 2.53. The van der Waals surface area contributed by atoms with E-state index in [0.717, 1.165) is 0 Å². The molecule has 0 amide bonds. The maximum Gasteiger partial charge on any atom is 0.492 e. The van der Waals surface area contributed by atoms with Crippen LogP contribution in [0, 0.1) is 6.92 Å². The maximum atomic E-state index is 14.0. The van der Waals surface area contributed by atoms with E-state index in [9.17, 15) is 26.4 Å². The summed E-state index contributed by atoms with van der Waals surface area (Å²) in [5, 5.41) is 0. The monoisotopic (exact) mass is 593 g/mol. The minimum atomic E-state index is -5.45. The normalized spacial score (nSPS) is 22.9. The smallest absolute Gasteiger partial charge is 0.445 e. The van der Waals surface area contributed by atoms with Crippen LogP contribution < -0.4 is 5.73 Å². The zero-order valence-corrected chi connectivity index (χ0v) is 22.1. The molecule has 3 fully saturated rings. The molecule has 13 nitrogen and oxygen atoms in total. The van der Waals surface area contributed by atoms with Gasteiger partial charge >= 0.3 is 12.1 Å². The number of anilines is 1. The number of benzene rings is 1. The lowest BCUT2D eigenvalue weighted by atomic mass is 9.70. The van der Waals surface area contributed by atoms with Crippen LogP contribution in [-0.2, 0) is 30.0 Å². The molecule has 1 aromatic carbocycles. The summed E-state index contributed by atoms with van der Waals surface area (Å²) >= 11 is 0. The predicted molar refractivity (Wildman–Crippen MR) is 132 cm³/mol. The van der Waals surface area contributed by atoms with E-state index < -0.39 is 38.2 Å². The summed E-state index contributed by atoms with van der Waals surface area (Å²) in [7, 11) is -4.87.